The molecule has 2 aromatic rings. The van der Waals surface area contributed by atoms with Gasteiger partial charge in [0.15, 0.2) is 0 Å². The van der Waals surface area contributed by atoms with Crippen molar-refractivity contribution in [2.24, 2.45) is 0 Å². The molecule has 3 rings (SSSR count). The zero-order valence-corrected chi connectivity index (χ0v) is 10.9. The molecular formula is C13H15N5O2. The second-order valence-electron chi connectivity index (χ2n) is 4.81. The van der Waals surface area contributed by atoms with Crippen molar-refractivity contribution in [3.05, 3.63) is 30.3 Å². The Kier molecular flexibility index (Phi) is 3.32. The molecule has 0 amide bonds. The Labute approximate surface area is 115 Å². The van der Waals surface area contributed by atoms with Crippen LogP contribution in [-0.2, 0) is 4.79 Å². The van der Waals surface area contributed by atoms with E-state index < -0.39 is 5.97 Å². The van der Waals surface area contributed by atoms with E-state index in [0.29, 0.717) is 5.95 Å². The lowest BCUT2D eigenvalue weighted by Gasteiger charge is -2.23. The van der Waals surface area contributed by atoms with E-state index in [4.69, 9.17) is 5.11 Å². The lowest BCUT2D eigenvalue weighted by molar-refractivity contribution is -0.137. The molecule has 1 saturated heterocycles. The number of aromatic nitrogens is 4. The van der Waals surface area contributed by atoms with E-state index in [9.17, 15) is 4.79 Å². The fourth-order valence-electron chi connectivity index (χ4n) is 2.61. The Morgan fingerprint density at radius 3 is 2.90 bits per heavy atom. The van der Waals surface area contributed by atoms with Crippen molar-refractivity contribution in [1.82, 2.24) is 20.2 Å². The Morgan fingerprint density at radius 2 is 2.15 bits per heavy atom. The standard InChI is InChI=1S/C13H15N5O2/c19-12(20)9-11-7-4-8-17(11)13-14-15-16-18(13)10-5-2-1-3-6-10/h1-3,5-6,11H,4,7-9H2,(H,19,20). The number of tetrazole rings is 1. The number of carbonyl (C=O) groups is 1. The van der Waals surface area contributed by atoms with Crippen LogP contribution in [-0.4, -0.2) is 43.9 Å². The predicted molar refractivity (Wildman–Crippen MR) is 71.8 cm³/mol. The molecule has 104 valence electrons. The number of hydrogen-bond donors (Lipinski definition) is 1. The van der Waals surface area contributed by atoms with Gasteiger partial charge in [0, 0.05) is 12.6 Å². The number of hydrogen-bond acceptors (Lipinski definition) is 5. The van der Waals surface area contributed by atoms with Gasteiger partial charge in [0.2, 0.25) is 0 Å². The molecule has 7 heteroatoms. The van der Waals surface area contributed by atoms with E-state index in [-0.39, 0.29) is 12.5 Å². The average molecular weight is 273 g/mol. The Balaban J connectivity index is 1.91. The predicted octanol–water partition coefficient (Wildman–Crippen LogP) is 1.11. The summed E-state index contributed by atoms with van der Waals surface area (Å²) in [6, 6.07) is 9.56. The van der Waals surface area contributed by atoms with E-state index in [0.717, 1.165) is 25.1 Å². The summed E-state index contributed by atoms with van der Waals surface area (Å²) in [7, 11) is 0. The maximum Gasteiger partial charge on any atom is 0.305 e. The highest BCUT2D eigenvalue weighted by molar-refractivity contribution is 5.68. The molecule has 1 aromatic carbocycles. The third kappa shape index (κ3) is 2.34. The zero-order valence-electron chi connectivity index (χ0n) is 10.9. The lowest BCUT2D eigenvalue weighted by atomic mass is 10.1. The van der Waals surface area contributed by atoms with Crippen LogP contribution in [0.5, 0.6) is 0 Å². The van der Waals surface area contributed by atoms with Gasteiger partial charge < -0.3 is 10.0 Å². The van der Waals surface area contributed by atoms with E-state index in [1.54, 1.807) is 4.68 Å². The largest absolute Gasteiger partial charge is 0.481 e. The summed E-state index contributed by atoms with van der Waals surface area (Å²) in [4.78, 5) is 12.9. The van der Waals surface area contributed by atoms with Crippen LogP contribution in [0.25, 0.3) is 5.69 Å². The van der Waals surface area contributed by atoms with Crippen molar-refractivity contribution in [3.63, 3.8) is 0 Å². The molecule has 0 saturated carbocycles. The van der Waals surface area contributed by atoms with Crippen molar-refractivity contribution in [3.8, 4) is 5.69 Å². The van der Waals surface area contributed by atoms with Gasteiger partial charge in [0.05, 0.1) is 12.1 Å². The monoisotopic (exact) mass is 273 g/mol. The molecule has 1 atom stereocenters. The van der Waals surface area contributed by atoms with Crippen molar-refractivity contribution < 1.29 is 9.90 Å². The first-order valence-corrected chi connectivity index (χ1v) is 6.58. The van der Waals surface area contributed by atoms with Gasteiger partial charge in [-0.05, 0) is 35.4 Å². The number of benzene rings is 1. The Morgan fingerprint density at radius 1 is 1.35 bits per heavy atom. The highest BCUT2D eigenvalue weighted by Gasteiger charge is 2.30. The molecule has 2 heterocycles. The number of nitrogens with zero attached hydrogens (tertiary/aromatic N) is 5. The number of carboxylic acids is 1. The van der Waals surface area contributed by atoms with Crippen molar-refractivity contribution in [1.29, 1.82) is 0 Å². The molecule has 7 nitrogen and oxygen atoms in total. The van der Waals surface area contributed by atoms with E-state index in [1.165, 1.54) is 0 Å². The van der Waals surface area contributed by atoms with Gasteiger partial charge in [-0.2, -0.15) is 4.68 Å². The van der Waals surface area contributed by atoms with Gasteiger partial charge in [0.1, 0.15) is 0 Å². The quantitative estimate of drug-likeness (QED) is 0.898. The molecule has 1 aliphatic rings. The van der Waals surface area contributed by atoms with Crippen LogP contribution >= 0.6 is 0 Å². The topological polar surface area (TPSA) is 84.1 Å². The lowest BCUT2D eigenvalue weighted by Crippen LogP contribution is -2.33. The van der Waals surface area contributed by atoms with Gasteiger partial charge in [0.25, 0.3) is 5.95 Å². The second kappa shape index (κ2) is 5.28. The van der Waals surface area contributed by atoms with Crippen molar-refractivity contribution in [2.75, 3.05) is 11.4 Å². The van der Waals surface area contributed by atoms with E-state index >= 15 is 0 Å². The van der Waals surface area contributed by atoms with Gasteiger partial charge >= 0.3 is 5.97 Å². The highest BCUT2D eigenvalue weighted by atomic mass is 16.4. The molecule has 1 aromatic heterocycles. The minimum absolute atomic E-state index is 0.0408. The van der Waals surface area contributed by atoms with Crippen molar-refractivity contribution in [2.45, 2.75) is 25.3 Å². The molecule has 0 radical (unpaired) electrons. The second-order valence-corrected chi connectivity index (χ2v) is 4.81. The highest BCUT2D eigenvalue weighted by Crippen LogP contribution is 2.26. The first kappa shape index (κ1) is 12.6. The maximum atomic E-state index is 10.9. The first-order chi connectivity index (χ1) is 9.75. The summed E-state index contributed by atoms with van der Waals surface area (Å²) < 4.78 is 1.65. The van der Waals surface area contributed by atoms with Crippen LogP contribution in [0.2, 0.25) is 0 Å². The number of aliphatic carboxylic acids is 1. The number of para-hydroxylation sites is 1. The molecule has 0 bridgehead atoms. The Hall–Kier alpha value is -2.44. The SMILES string of the molecule is O=C(O)CC1CCCN1c1nnnn1-c1ccccc1. The van der Waals surface area contributed by atoms with Crippen LogP contribution < -0.4 is 4.90 Å². The van der Waals surface area contributed by atoms with Crippen molar-refractivity contribution >= 4 is 11.9 Å². The molecule has 20 heavy (non-hydrogen) atoms. The Bertz CT molecular complexity index is 598. The van der Waals surface area contributed by atoms with E-state index in [2.05, 4.69) is 15.5 Å². The van der Waals surface area contributed by atoms with Gasteiger partial charge in [-0.3, -0.25) is 4.79 Å². The van der Waals surface area contributed by atoms with Crippen LogP contribution in [0, 0.1) is 0 Å². The van der Waals surface area contributed by atoms with Gasteiger partial charge in [-0.25, -0.2) is 0 Å². The zero-order chi connectivity index (χ0) is 13.9. The molecular weight excluding hydrogens is 258 g/mol. The number of carboxylic acid groups (broad SMARTS) is 1. The normalized spacial score (nSPS) is 18.4. The van der Waals surface area contributed by atoms with Gasteiger partial charge in [-0.15, -0.1) is 0 Å². The van der Waals surface area contributed by atoms with Crippen LogP contribution in [0.1, 0.15) is 19.3 Å². The van der Waals surface area contributed by atoms with Crippen LogP contribution in [0.4, 0.5) is 5.95 Å². The smallest absolute Gasteiger partial charge is 0.305 e. The minimum Gasteiger partial charge on any atom is -0.481 e. The fourth-order valence-corrected chi connectivity index (χ4v) is 2.61. The third-order valence-corrected chi connectivity index (χ3v) is 3.50. The number of anilines is 1. The summed E-state index contributed by atoms with van der Waals surface area (Å²) in [5.74, 6) is -0.180. The molecule has 1 unspecified atom stereocenters. The average Bonchev–Trinajstić information content (AvgIpc) is 3.07. The molecule has 1 aliphatic heterocycles. The molecule has 0 aliphatic carbocycles. The van der Waals surface area contributed by atoms with Crippen LogP contribution in [0.3, 0.4) is 0 Å². The van der Waals surface area contributed by atoms with Crippen LogP contribution in [0.15, 0.2) is 30.3 Å². The fraction of sp³-hybridized carbons (Fsp3) is 0.385. The summed E-state index contributed by atoms with van der Waals surface area (Å²) in [6.07, 6.45) is 1.93. The summed E-state index contributed by atoms with van der Waals surface area (Å²) in [5, 5.41) is 20.8. The summed E-state index contributed by atoms with van der Waals surface area (Å²) >= 11 is 0. The first-order valence-electron chi connectivity index (χ1n) is 6.58. The number of rotatable bonds is 4. The maximum absolute atomic E-state index is 10.9. The molecule has 1 fully saturated rings. The third-order valence-electron chi connectivity index (χ3n) is 3.50. The summed E-state index contributed by atoms with van der Waals surface area (Å²) in [5.41, 5.74) is 0.869. The minimum atomic E-state index is -0.791. The summed E-state index contributed by atoms with van der Waals surface area (Å²) in [6.45, 7) is 0.783. The van der Waals surface area contributed by atoms with Gasteiger partial charge in [-0.1, -0.05) is 23.3 Å². The molecule has 0 spiro atoms. The van der Waals surface area contributed by atoms with E-state index in [1.807, 2.05) is 35.2 Å². The molecule has 1 N–H and O–H groups in total.